The zero-order valence-electron chi connectivity index (χ0n) is 14.4. The van der Waals surface area contributed by atoms with Crippen LogP contribution in [-0.2, 0) is 0 Å². The molecule has 1 amide bonds. The van der Waals surface area contributed by atoms with Crippen LogP contribution in [0.1, 0.15) is 49.6 Å². The molecule has 5 heteroatoms. The predicted molar refractivity (Wildman–Crippen MR) is 101 cm³/mol. The molecule has 0 radical (unpaired) electrons. The second-order valence-corrected chi connectivity index (χ2v) is 7.56. The van der Waals surface area contributed by atoms with Gasteiger partial charge in [-0.3, -0.25) is 4.79 Å². The summed E-state index contributed by atoms with van der Waals surface area (Å²) in [6.45, 7) is 2.77. The summed E-state index contributed by atoms with van der Waals surface area (Å²) in [5.74, 6) is 1.09. The molecule has 1 fully saturated rings. The van der Waals surface area contributed by atoms with Gasteiger partial charge in [-0.1, -0.05) is 31.4 Å². The molecule has 2 aromatic heterocycles. The number of nitrogens with zero attached hydrogens (tertiary/aromatic N) is 2. The normalized spacial score (nSPS) is 15.6. The highest BCUT2D eigenvalue weighted by molar-refractivity contribution is 7.21. The predicted octanol–water partition coefficient (Wildman–Crippen LogP) is 5.35. The molecule has 0 bridgehead atoms. The molecule has 0 spiro atoms. The van der Waals surface area contributed by atoms with Crippen LogP contribution in [0.25, 0.3) is 21.0 Å². The second kappa shape index (κ2) is 7.00. The standard InChI is InChI=1S/C20H22N2O2S/c1-2-22(14-8-4-3-5-9-14)20(23)17-13-12-16(24-17)19-21-15-10-6-7-11-18(15)25-19/h6-7,10-14H,2-5,8-9H2,1H3. The number of carbonyl (C=O) groups excluding carboxylic acids is 1. The van der Waals surface area contributed by atoms with E-state index in [2.05, 4.69) is 4.98 Å². The molecule has 0 unspecified atom stereocenters. The Morgan fingerprint density at radius 3 is 2.76 bits per heavy atom. The average molecular weight is 354 g/mol. The van der Waals surface area contributed by atoms with Crippen LogP contribution >= 0.6 is 11.3 Å². The van der Waals surface area contributed by atoms with Crippen LogP contribution in [0.15, 0.2) is 40.8 Å². The Bertz CT molecular complexity index is 844. The molecule has 0 saturated heterocycles. The molecular weight excluding hydrogens is 332 g/mol. The van der Waals surface area contributed by atoms with E-state index in [0.29, 0.717) is 17.6 Å². The maximum absolute atomic E-state index is 12.9. The summed E-state index contributed by atoms with van der Waals surface area (Å²) in [7, 11) is 0. The van der Waals surface area contributed by atoms with E-state index in [9.17, 15) is 4.79 Å². The van der Waals surface area contributed by atoms with Crippen molar-refractivity contribution in [2.45, 2.75) is 45.1 Å². The maximum Gasteiger partial charge on any atom is 0.289 e. The molecular formula is C20H22N2O2S. The summed E-state index contributed by atoms with van der Waals surface area (Å²) in [5.41, 5.74) is 0.962. The summed E-state index contributed by atoms with van der Waals surface area (Å²) in [4.78, 5) is 19.5. The quantitative estimate of drug-likeness (QED) is 0.634. The number of aromatic nitrogens is 1. The van der Waals surface area contributed by atoms with E-state index >= 15 is 0 Å². The molecule has 25 heavy (non-hydrogen) atoms. The Morgan fingerprint density at radius 2 is 2.00 bits per heavy atom. The lowest BCUT2D eigenvalue weighted by atomic mass is 9.94. The van der Waals surface area contributed by atoms with Crippen LogP contribution in [0, 0.1) is 0 Å². The third-order valence-corrected chi connectivity index (χ3v) is 5.99. The molecule has 1 aliphatic carbocycles. The molecule has 130 valence electrons. The minimum Gasteiger partial charge on any atom is -0.448 e. The number of hydrogen-bond acceptors (Lipinski definition) is 4. The van der Waals surface area contributed by atoms with E-state index in [1.165, 1.54) is 19.3 Å². The van der Waals surface area contributed by atoms with E-state index in [1.54, 1.807) is 17.4 Å². The minimum absolute atomic E-state index is 0.00163. The van der Waals surface area contributed by atoms with Crippen LogP contribution in [0.3, 0.4) is 0 Å². The molecule has 4 nitrogen and oxygen atoms in total. The highest BCUT2D eigenvalue weighted by atomic mass is 32.1. The zero-order chi connectivity index (χ0) is 17.2. The van der Waals surface area contributed by atoms with E-state index in [1.807, 2.05) is 42.2 Å². The fourth-order valence-corrected chi connectivity index (χ4v) is 4.57. The van der Waals surface area contributed by atoms with Gasteiger partial charge in [0.1, 0.15) is 0 Å². The van der Waals surface area contributed by atoms with E-state index < -0.39 is 0 Å². The summed E-state index contributed by atoms with van der Waals surface area (Å²) in [5, 5.41) is 0.820. The van der Waals surface area contributed by atoms with Crippen LogP contribution < -0.4 is 0 Å². The summed E-state index contributed by atoms with van der Waals surface area (Å²) < 4.78 is 7.02. The number of furan rings is 1. The Labute approximate surface area is 151 Å². The monoisotopic (exact) mass is 354 g/mol. The van der Waals surface area contributed by atoms with Crippen molar-refractivity contribution in [3.05, 3.63) is 42.2 Å². The topological polar surface area (TPSA) is 46.3 Å². The van der Waals surface area contributed by atoms with E-state index in [0.717, 1.165) is 34.6 Å². The first kappa shape index (κ1) is 16.3. The van der Waals surface area contributed by atoms with Crippen molar-refractivity contribution in [2.24, 2.45) is 0 Å². The molecule has 2 heterocycles. The van der Waals surface area contributed by atoms with Crippen LogP contribution in [0.2, 0.25) is 0 Å². The summed E-state index contributed by atoms with van der Waals surface area (Å²) in [6, 6.07) is 12.0. The first-order chi connectivity index (χ1) is 12.3. The number of benzene rings is 1. The van der Waals surface area contributed by atoms with Crippen molar-refractivity contribution in [1.29, 1.82) is 0 Å². The van der Waals surface area contributed by atoms with Gasteiger partial charge in [0.05, 0.1) is 10.2 Å². The third kappa shape index (κ3) is 3.21. The van der Waals surface area contributed by atoms with Gasteiger partial charge in [0, 0.05) is 12.6 Å². The average Bonchev–Trinajstić information content (AvgIpc) is 3.30. The largest absolute Gasteiger partial charge is 0.448 e. The molecule has 0 N–H and O–H groups in total. The van der Waals surface area contributed by atoms with Gasteiger partial charge in [0.15, 0.2) is 16.5 Å². The molecule has 0 atom stereocenters. The fourth-order valence-electron chi connectivity index (χ4n) is 3.65. The van der Waals surface area contributed by atoms with Crippen molar-refractivity contribution in [3.63, 3.8) is 0 Å². The number of carbonyl (C=O) groups is 1. The first-order valence-electron chi connectivity index (χ1n) is 9.03. The number of hydrogen-bond donors (Lipinski definition) is 0. The first-order valence-corrected chi connectivity index (χ1v) is 9.84. The Balaban J connectivity index is 1.58. The Morgan fingerprint density at radius 1 is 1.20 bits per heavy atom. The molecule has 3 aromatic rings. The number of rotatable bonds is 4. The zero-order valence-corrected chi connectivity index (χ0v) is 15.2. The Hall–Kier alpha value is -2.14. The molecule has 4 rings (SSSR count). The number of amides is 1. The lowest BCUT2D eigenvalue weighted by Crippen LogP contribution is -2.41. The molecule has 1 aliphatic rings. The van der Waals surface area contributed by atoms with Crippen molar-refractivity contribution in [2.75, 3.05) is 6.54 Å². The lowest BCUT2D eigenvalue weighted by Gasteiger charge is -2.33. The van der Waals surface area contributed by atoms with Crippen LogP contribution in [-0.4, -0.2) is 28.4 Å². The molecule has 1 saturated carbocycles. The summed E-state index contributed by atoms with van der Waals surface area (Å²) >= 11 is 1.59. The van der Waals surface area contributed by atoms with Gasteiger partial charge in [0.25, 0.3) is 5.91 Å². The Kier molecular flexibility index (Phi) is 4.57. The number of para-hydroxylation sites is 1. The molecule has 1 aromatic carbocycles. The van der Waals surface area contributed by atoms with E-state index in [4.69, 9.17) is 4.42 Å². The fraction of sp³-hybridized carbons (Fsp3) is 0.400. The van der Waals surface area contributed by atoms with Gasteiger partial charge in [0.2, 0.25) is 0 Å². The van der Waals surface area contributed by atoms with Crippen molar-refractivity contribution >= 4 is 27.5 Å². The number of thiazole rings is 1. The maximum atomic E-state index is 12.9. The highest BCUT2D eigenvalue weighted by Crippen LogP contribution is 2.32. The van der Waals surface area contributed by atoms with Crippen molar-refractivity contribution < 1.29 is 9.21 Å². The van der Waals surface area contributed by atoms with Gasteiger partial charge in [-0.2, -0.15) is 0 Å². The highest BCUT2D eigenvalue weighted by Gasteiger charge is 2.27. The van der Waals surface area contributed by atoms with Crippen molar-refractivity contribution in [3.8, 4) is 10.8 Å². The van der Waals surface area contributed by atoms with Crippen molar-refractivity contribution in [1.82, 2.24) is 9.88 Å². The minimum atomic E-state index is 0.00163. The number of fused-ring (bicyclic) bond motifs is 1. The van der Waals surface area contributed by atoms with Crippen LogP contribution in [0.5, 0.6) is 0 Å². The SMILES string of the molecule is CCN(C(=O)c1ccc(-c2nc3ccccc3s2)o1)C1CCCCC1. The molecule has 0 aliphatic heterocycles. The lowest BCUT2D eigenvalue weighted by molar-refractivity contribution is 0.0616. The third-order valence-electron chi connectivity index (χ3n) is 4.94. The smallest absolute Gasteiger partial charge is 0.289 e. The van der Waals surface area contributed by atoms with Gasteiger partial charge in [-0.05, 0) is 44.0 Å². The van der Waals surface area contributed by atoms with Gasteiger partial charge in [-0.25, -0.2) is 4.98 Å². The van der Waals surface area contributed by atoms with Gasteiger partial charge < -0.3 is 9.32 Å². The summed E-state index contributed by atoms with van der Waals surface area (Å²) in [6.07, 6.45) is 5.91. The van der Waals surface area contributed by atoms with Crippen LogP contribution in [0.4, 0.5) is 0 Å². The van der Waals surface area contributed by atoms with Gasteiger partial charge >= 0.3 is 0 Å². The van der Waals surface area contributed by atoms with E-state index in [-0.39, 0.29) is 5.91 Å². The van der Waals surface area contributed by atoms with Gasteiger partial charge in [-0.15, -0.1) is 11.3 Å². The second-order valence-electron chi connectivity index (χ2n) is 6.53.